The van der Waals surface area contributed by atoms with Crippen LogP contribution in [0.4, 0.5) is 4.79 Å². The van der Waals surface area contributed by atoms with E-state index in [1.54, 1.807) is 11.8 Å². The van der Waals surface area contributed by atoms with Crippen LogP contribution in [0.25, 0.3) is 0 Å². The molecule has 0 saturated heterocycles. The van der Waals surface area contributed by atoms with E-state index in [0.29, 0.717) is 18.8 Å². The number of hydrogen-bond donors (Lipinski definition) is 2. The Morgan fingerprint density at radius 2 is 1.87 bits per heavy atom. The molecule has 7 heteroatoms. The van der Waals surface area contributed by atoms with E-state index in [1.165, 1.54) is 14.0 Å². The van der Waals surface area contributed by atoms with E-state index in [1.807, 2.05) is 6.26 Å². The molecule has 0 aromatic rings. The van der Waals surface area contributed by atoms with Gasteiger partial charge in [0.25, 0.3) is 0 Å². The van der Waals surface area contributed by atoms with Gasteiger partial charge in [-0.3, -0.25) is 9.59 Å². The number of hydrogen-bond acceptors (Lipinski definition) is 5. The summed E-state index contributed by atoms with van der Waals surface area (Å²) in [5.41, 5.74) is 0. The molecule has 6 nitrogen and oxygen atoms in total. The largest absolute Gasteiger partial charge is 0.453 e. The molecule has 2 N–H and O–H groups in total. The van der Waals surface area contributed by atoms with Crippen LogP contribution in [-0.4, -0.2) is 49.0 Å². The number of rotatable bonds is 8. The Labute approximate surface area is 142 Å². The van der Waals surface area contributed by atoms with Crippen LogP contribution in [-0.2, 0) is 14.3 Å². The highest BCUT2D eigenvalue weighted by Crippen LogP contribution is 2.27. The van der Waals surface area contributed by atoms with Gasteiger partial charge in [0.05, 0.1) is 13.2 Å². The fourth-order valence-corrected chi connectivity index (χ4v) is 3.45. The van der Waals surface area contributed by atoms with Crippen LogP contribution in [0, 0.1) is 5.92 Å². The van der Waals surface area contributed by atoms with Crippen LogP contribution in [0.2, 0.25) is 0 Å². The molecule has 0 radical (unpaired) electrons. The average molecular weight is 344 g/mol. The molecule has 23 heavy (non-hydrogen) atoms. The first kappa shape index (κ1) is 19.8. The van der Waals surface area contributed by atoms with Gasteiger partial charge in [0.2, 0.25) is 5.91 Å². The third-order valence-electron chi connectivity index (χ3n) is 4.22. The summed E-state index contributed by atoms with van der Waals surface area (Å²) >= 11 is 1.65. The van der Waals surface area contributed by atoms with Crippen molar-refractivity contribution < 1.29 is 19.1 Å². The Bertz CT molecular complexity index is 409. The quantitative estimate of drug-likeness (QED) is 0.704. The third-order valence-corrected chi connectivity index (χ3v) is 4.86. The van der Waals surface area contributed by atoms with Gasteiger partial charge in [-0.1, -0.05) is 0 Å². The summed E-state index contributed by atoms with van der Waals surface area (Å²) in [5, 5.41) is 5.58. The average Bonchev–Trinajstić information content (AvgIpc) is 2.52. The zero-order valence-corrected chi connectivity index (χ0v) is 15.0. The van der Waals surface area contributed by atoms with Crippen molar-refractivity contribution in [2.45, 2.75) is 57.5 Å². The lowest BCUT2D eigenvalue weighted by atomic mass is 9.82. The first-order valence-corrected chi connectivity index (χ1v) is 9.48. The van der Waals surface area contributed by atoms with Crippen LogP contribution in [0.3, 0.4) is 0 Å². The first-order valence-electron chi connectivity index (χ1n) is 8.09. The van der Waals surface area contributed by atoms with Gasteiger partial charge in [0.15, 0.2) is 5.78 Å². The predicted molar refractivity (Wildman–Crippen MR) is 91.5 cm³/mol. The van der Waals surface area contributed by atoms with Crippen molar-refractivity contribution >= 4 is 29.5 Å². The van der Waals surface area contributed by atoms with Crippen LogP contribution in [0.1, 0.15) is 45.4 Å². The number of nitrogens with one attached hydrogen (secondary N) is 2. The van der Waals surface area contributed by atoms with E-state index in [-0.39, 0.29) is 17.7 Å². The Hall–Kier alpha value is -1.24. The normalized spacial score (nSPS) is 22.0. The monoisotopic (exact) mass is 344 g/mol. The highest BCUT2D eigenvalue weighted by atomic mass is 32.2. The molecule has 2 amide bonds. The fraction of sp³-hybridized carbons (Fsp3) is 0.812. The maximum absolute atomic E-state index is 12.5. The number of alkyl carbamates (subject to hydrolysis) is 1. The minimum atomic E-state index is -0.557. The van der Waals surface area contributed by atoms with Crippen LogP contribution in [0.15, 0.2) is 0 Å². The molecule has 0 aromatic heterocycles. The molecule has 0 unspecified atom stereocenters. The van der Waals surface area contributed by atoms with Gasteiger partial charge >= 0.3 is 6.09 Å². The highest BCUT2D eigenvalue weighted by Gasteiger charge is 2.27. The van der Waals surface area contributed by atoms with E-state index < -0.39 is 12.1 Å². The minimum absolute atomic E-state index is 0.00364. The lowest BCUT2D eigenvalue weighted by Crippen LogP contribution is -2.42. The molecule has 0 heterocycles. The Balaban J connectivity index is 2.45. The van der Waals surface area contributed by atoms with Gasteiger partial charge in [0, 0.05) is 19.4 Å². The van der Waals surface area contributed by atoms with Crippen LogP contribution < -0.4 is 10.6 Å². The number of ketones is 1. The SMILES string of the molecule is COC(=O)N[C@@H](CCSC)C(=O)CC1CCC(NC(C)=O)CC1. The summed E-state index contributed by atoms with van der Waals surface area (Å²) in [6, 6.07) is -0.234. The molecular formula is C16H28N2O4S. The van der Waals surface area contributed by atoms with Crippen molar-refractivity contribution in [3.8, 4) is 0 Å². The van der Waals surface area contributed by atoms with Crippen LogP contribution in [0.5, 0.6) is 0 Å². The summed E-state index contributed by atoms with van der Waals surface area (Å²) in [6.45, 7) is 1.53. The molecule has 0 bridgehead atoms. The molecular weight excluding hydrogens is 316 g/mol. The number of carbonyl (C=O) groups excluding carboxylic acids is 3. The predicted octanol–water partition coefficient (Wildman–Crippen LogP) is 2.12. The minimum Gasteiger partial charge on any atom is -0.453 e. The smallest absolute Gasteiger partial charge is 0.407 e. The molecule has 1 atom stereocenters. The van der Waals surface area contributed by atoms with Crippen molar-refractivity contribution in [2.75, 3.05) is 19.1 Å². The second-order valence-corrected chi connectivity index (χ2v) is 7.04. The zero-order chi connectivity index (χ0) is 17.2. The summed E-state index contributed by atoms with van der Waals surface area (Å²) in [5.74, 6) is 1.23. The number of carbonyl (C=O) groups is 3. The number of ether oxygens (including phenoxy) is 1. The number of methoxy groups -OCH3 is 1. The molecule has 1 aliphatic rings. The number of thioether (sulfide) groups is 1. The molecule has 1 rings (SSSR count). The van der Waals surface area contributed by atoms with Crippen molar-refractivity contribution in [3.05, 3.63) is 0 Å². The maximum Gasteiger partial charge on any atom is 0.407 e. The first-order chi connectivity index (χ1) is 11.0. The third kappa shape index (κ3) is 7.72. The van der Waals surface area contributed by atoms with Crippen molar-refractivity contribution in [1.29, 1.82) is 0 Å². The van der Waals surface area contributed by atoms with E-state index >= 15 is 0 Å². The molecule has 1 saturated carbocycles. The molecule has 0 spiro atoms. The highest BCUT2D eigenvalue weighted by molar-refractivity contribution is 7.98. The number of Topliss-reactive ketones (excluding diaryl/α,β-unsaturated/α-hetero) is 1. The second kappa shape index (κ2) is 10.5. The summed E-state index contributed by atoms with van der Waals surface area (Å²) in [4.78, 5) is 34.9. The Morgan fingerprint density at radius 1 is 1.22 bits per heavy atom. The Morgan fingerprint density at radius 3 is 2.39 bits per heavy atom. The van der Waals surface area contributed by atoms with Gasteiger partial charge in [-0.05, 0) is 50.0 Å². The lowest BCUT2D eigenvalue weighted by Gasteiger charge is -2.29. The summed E-state index contributed by atoms with van der Waals surface area (Å²) in [6.07, 6.45) is 6.22. The van der Waals surface area contributed by atoms with E-state index in [2.05, 4.69) is 15.4 Å². The van der Waals surface area contributed by atoms with Gasteiger partial charge in [-0.2, -0.15) is 11.8 Å². The second-order valence-electron chi connectivity index (χ2n) is 6.06. The summed E-state index contributed by atoms with van der Waals surface area (Å²) < 4.78 is 4.60. The van der Waals surface area contributed by atoms with Gasteiger partial charge in [0.1, 0.15) is 0 Å². The lowest BCUT2D eigenvalue weighted by molar-refractivity contribution is -0.123. The molecule has 0 aliphatic heterocycles. The van der Waals surface area contributed by atoms with Gasteiger partial charge < -0.3 is 15.4 Å². The number of amides is 2. The van der Waals surface area contributed by atoms with E-state index in [0.717, 1.165) is 31.4 Å². The van der Waals surface area contributed by atoms with Crippen LogP contribution >= 0.6 is 11.8 Å². The Kier molecular flexibility index (Phi) is 9.06. The van der Waals surface area contributed by atoms with Crippen molar-refractivity contribution in [1.82, 2.24) is 10.6 Å². The fourth-order valence-electron chi connectivity index (χ4n) is 2.98. The molecule has 0 aromatic carbocycles. The van der Waals surface area contributed by atoms with Gasteiger partial charge in [-0.25, -0.2) is 4.79 Å². The molecule has 1 fully saturated rings. The van der Waals surface area contributed by atoms with Crippen molar-refractivity contribution in [3.63, 3.8) is 0 Å². The summed E-state index contributed by atoms with van der Waals surface area (Å²) in [7, 11) is 1.30. The topological polar surface area (TPSA) is 84.5 Å². The zero-order valence-electron chi connectivity index (χ0n) is 14.2. The maximum atomic E-state index is 12.5. The molecule has 1 aliphatic carbocycles. The van der Waals surface area contributed by atoms with Gasteiger partial charge in [-0.15, -0.1) is 0 Å². The molecule has 132 valence electrons. The van der Waals surface area contributed by atoms with E-state index in [4.69, 9.17) is 0 Å². The van der Waals surface area contributed by atoms with E-state index in [9.17, 15) is 14.4 Å². The standard InChI is InChI=1S/C16H28N2O4S/c1-11(19)17-13-6-4-12(5-7-13)10-15(20)14(8-9-23-3)18-16(21)22-2/h12-14H,4-10H2,1-3H3,(H,17,19)(H,18,21)/t12?,13?,14-/m0/s1. The van der Waals surface area contributed by atoms with Crippen molar-refractivity contribution in [2.24, 2.45) is 5.92 Å².